The lowest BCUT2D eigenvalue weighted by Crippen LogP contribution is -2.36. The van der Waals surface area contributed by atoms with Gasteiger partial charge >= 0.3 is 0 Å². The average Bonchev–Trinajstić information content (AvgIpc) is 2.78. The fraction of sp³-hybridized carbons (Fsp3) is 0.125. The molecule has 0 saturated heterocycles. The molecule has 0 amide bonds. The van der Waals surface area contributed by atoms with Gasteiger partial charge in [-0.15, -0.1) is 0 Å². The molecule has 1 aromatic heterocycles. The van der Waals surface area contributed by atoms with E-state index in [0.717, 1.165) is 0 Å². The second kappa shape index (κ2) is 7.45. The highest BCUT2D eigenvalue weighted by Gasteiger charge is 2.40. The molecule has 29 heavy (non-hydrogen) atoms. The summed E-state index contributed by atoms with van der Waals surface area (Å²) in [7, 11) is 3.03. The van der Waals surface area contributed by atoms with Gasteiger partial charge in [-0.05, 0) is 23.3 Å². The number of aliphatic hydroxyl groups is 1. The number of hydrogen-bond donors (Lipinski definition) is 2. The van der Waals surface area contributed by atoms with E-state index in [4.69, 9.17) is 9.47 Å². The van der Waals surface area contributed by atoms with E-state index in [1.807, 2.05) is 48.5 Å². The molecular formula is C24H21NO4. The first kappa shape index (κ1) is 18.8. The van der Waals surface area contributed by atoms with E-state index in [1.165, 1.54) is 14.2 Å². The number of H-pyrrole nitrogens is 1. The molecule has 0 aliphatic carbocycles. The van der Waals surface area contributed by atoms with E-state index in [1.54, 1.807) is 30.3 Å². The summed E-state index contributed by atoms with van der Waals surface area (Å²) < 4.78 is 11.1. The van der Waals surface area contributed by atoms with Crippen molar-refractivity contribution < 1.29 is 14.6 Å². The first-order chi connectivity index (χ1) is 14.1. The number of aromatic amines is 1. The van der Waals surface area contributed by atoms with Gasteiger partial charge < -0.3 is 19.6 Å². The van der Waals surface area contributed by atoms with E-state index < -0.39 is 11.2 Å². The maximum atomic E-state index is 13.3. The maximum Gasteiger partial charge on any atom is 0.259 e. The zero-order chi connectivity index (χ0) is 20.4. The number of ether oxygens (including phenoxy) is 2. The molecule has 0 spiro atoms. The van der Waals surface area contributed by atoms with Crippen LogP contribution in [0.5, 0.6) is 11.5 Å². The lowest BCUT2D eigenvalue weighted by molar-refractivity contribution is 0.120. The number of pyridine rings is 1. The van der Waals surface area contributed by atoms with Crippen LogP contribution in [0, 0.1) is 0 Å². The minimum absolute atomic E-state index is 0.123. The van der Waals surface area contributed by atoms with Crippen molar-refractivity contribution >= 4 is 10.9 Å². The number of nitrogens with one attached hydrogen (secondary N) is 1. The van der Waals surface area contributed by atoms with Gasteiger partial charge in [0.2, 0.25) is 0 Å². The van der Waals surface area contributed by atoms with Crippen LogP contribution in [0.2, 0.25) is 0 Å². The molecule has 4 rings (SSSR count). The molecule has 0 aliphatic rings. The normalized spacial score (nSPS) is 11.4. The molecule has 2 N–H and O–H groups in total. The molecule has 1 heterocycles. The van der Waals surface area contributed by atoms with Gasteiger partial charge in [0.25, 0.3) is 5.56 Å². The second-order valence-electron chi connectivity index (χ2n) is 6.69. The van der Waals surface area contributed by atoms with Crippen molar-refractivity contribution in [2.45, 2.75) is 5.60 Å². The highest BCUT2D eigenvalue weighted by atomic mass is 16.5. The molecule has 3 aromatic carbocycles. The third-order valence-electron chi connectivity index (χ3n) is 5.13. The summed E-state index contributed by atoms with van der Waals surface area (Å²) in [5.74, 6) is 0.824. The Kier molecular flexibility index (Phi) is 4.82. The highest BCUT2D eigenvalue weighted by Crippen LogP contribution is 2.42. The van der Waals surface area contributed by atoms with Gasteiger partial charge in [0.15, 0.2) is 0 Å². The van der Waals surface area contributed by atoms with Crippen molar-refractivity contribution in [3.8, 4) is 11.5 Å². The van der Waals surface area contributed by atoms with Crippen LogP contribution < -0.4 is 15.0 Å². The van der Waals surface area contributed by atoms with Gasteiger partial charge in [-0.1, -0.05) is 66.7 Å². The molecule has 0 atom stereocenters. The second-order valence-corrected chi connectivity index (χ2v) is 6.69. The SMILES string of the molecule is COc1c(C(O)(c2ccccc2)c2ccccc2)c(=O)[nH]c2c(OC)cccc12. The van der Waals surface area contributed by atoms with Crippen molar-refractivity contribution in [2.75, 3.05) is 14.2 Å². The maximum absolute atomic E-state index is 13.3. The third kappa shape index (κ3) is 2.96. The number of para-hydroxylation sites is 1. The van der Waals surface area contributed by atoms with Gasteiger partial charge in [-0.2, -0.15) is 0 Å². The summed E-state index contributed by atoms with van der Waals surface area (Å²) in [4.78, 5) is 16.2. The Morgan fingerprint density at radius 2 is 1.38 bits per heavy atom. The Balaban J connectivity index is 2.15. The van der Waals surface area contributed by atoms with Crippen molar-refractivity contribution in [1.82, 2.24) is 4.98 Å². The van der Waals surface area contributed by atoms with Gasteiger partial charge in [0.1, 0.15) is 22.7 Å². The molecule has 0 unspecified atom stereocenters. The van der Waals surface area contributed by atoms with E-state index in [2.05, 4.69) is 4.98 Å². The summed E-state index contributed by atoms with van der Waals surface area (Å²) in [5, 5.41) is 12.7. The van der Waals surface area contributed by atoms with Crippen LogP contribution in [0.1, 0.15) is 16.7 Å². The highest BCUT2D eigenvalue weighted by molar-refractivity contribution is 5.91. The molecular weight excluding hydrogens is 366 g/mol. The molecule has 5 nitrogen and oxygen atoms in total. The Bertz CT molecular complexity index is 1160. The summed E-state index contributed by atoms with van der Waals surface area (Å²) in [6.07, 6.45) is 0. The van der Waals surface area contributed by atoms with Crippen LogP contribution in [-0.2, 0) is 5.60 Å². The van der Waals surface area contributed by atoms with Gasteiger partial charge in [0, 0.05) is 5.39 Å². The lowest BCUT2D eigenvalue weighted by Gasteiger charge is -2.31. The van der Waals surface area contributed by atoms with Crippen LogP contribution in [0.4, 0.5) is 0 Å². The quantitative estimate of drug-likeness (QED) is 0.546. The standard InChI is InChI=1S/C24H21NO4/c1-28-19-15-9-14-18-21(19)25-23(26)20(22(18)29-2)24(27,16-10-5-3-6-11-16)17-12-7-4-8-13-17/h3-15,27H,1-2H3,(H,25,26). The van der Waals surface area contributed by atoms with Crippen LogP contribution in [0.25, 0.3) is 10.9 Å². The van der Waals surface area contributed by atoms with Crippen LogP contribution in [0.3, 0.4) is 0 Å². The lowest BCUT2D eigenvalue weighted by atomic mass is 9.80. The summed E-state index contributed by atoms with van der Waals surface area (Å²) in [5.41, 5.74) is -0.385. The number of benzene rings is 3. The third-order valence-corrected chi connectivity index (χ3v) is 5.13. The minimum Gasteiger partial charge on any atom is -0.495 e. The van der Waals surface area contributed by atoms with E-state index in [9.17, 15) is 9.90 Å². The Labute approximate surface area is 168 Å². The van der Waals surface area contributed by atoms with Gasteiger partial charge in [-0.25, -0.2) is 0 Å². The number of methoxy groups -OCH3 is 2. The molecule has 146 valence electrons. The molecule has 0 fully saturated rings. The minimum atomic E-state index is -1.71. The summed E-state index contributed by atoms with van der Waals surface area (Å²) >= 11 is 0. The zero-order valence-corrected chi connectivity index (χ0v) is 16.2. The fourth-order valence-electron chi connectivity index (χ4n) is 3.79. The average molecular weight is 387 g/mol. The van der Waals surface area contributed by atoms with Gasteiger partial charge in [-0.3, -0.25) is 4.79 Å². The molecule has 4 aromatic rings. The van der Waals surface area contributed by atoms with Crippen LogP contribution >= 0.6 is 0 Å². The van der Waals surface area contributed by atoms with E-state index in [0.29, 0.717) is 33.5 Å². The molecule has 0 bridgehead atoms. The number of hydrogen-bond acceptors (Lipinski definition) is 4. The Hall–Kier alpha value is -3.57. The van der Waals surface area contributed by atoms with Gasteiger partial charge in [0.05, 0.1) is 19.7 Å². The topological polar surface area (TPSA) is 71.5 Å². The first-order valence-electron chi connectivity index (χ1n) is 9.22. The number of rotatable bonds is 5. The summed E-state index contributed by atoms with van der Waals surface area (Å²) in [6, 6.07) is 23.6. The van der Waals surface area contributed by atoms with E-state index >= 15 is 0 Å². The van der Waals surface area contributed by atoms with Crippen molar-refractivity contribution in [2.24, 2.45) is 0 Å². The fourth-order valence-corrected chi connectivity index (χ4v) is 3.79. The Morgan fingerprint density at radius 1 is 0.793 bits per heavy atom. The van der Waals surface area contributed by atoms with Crippen molar-refractivity contribution in [3.63, 3.8) is 0 Å². The van der Waals surface area contributed by atoms with Crippen molar-refractivity contribution in [1.29, 1.82) is 0 Å². The molecule has 5 heteroatoms. The van der Waals surface area contributed by atoms with E-state index in [-0.39, 0.29) is 5.56 Å². The Morgan fingerprint density at radius 3 is 1.90 bits per heavy atom. The van der Waals surface area contributed by atoms with Crippen LogP contribution in [-0.4, -0.2) is 24.3 Å². The number of fused-ring (bicyclic) bond motifs is 1. The summed E-state index contributed by atoms with van der Waals surface area (Å²) in [6.45, 7) is 0. The monoisotopic (exact) mass is 387 g/mol. The molecule has 0 radical (unpaired) electrons. The first-order valence-corrected chi connectivity index (χ1v) is 9.22. The zero-order valence-electron chi connectivity index (χ0n) is 16.2. The largest absolute Gasteiger partial charge is 0.495 e. The smallest absolute Gasteiger partial charge is 0.259 e. The predicted octanol–water partition coefficient (Wildman–Crippen LogP) is 3.83. The van der Waals surface area contributed by atoms with Crippen molar-refractivity contribution in [3.05, 3.63) is 106 Å². The number of aromatic nitrogens is 1. The molecule has 0 aliphatic heterocycles. The predicted molar refractivity (Wildman–Crippen MR) is 113 cm³/mol. The van der Waals surface area contributed by atoms with Crippen LogP contribution in [0.15, 0.2) is 83.7 Å². The molecule has 0 saturated carbocycles.